The molecule has 5 heteroatoms. The second-order valence-electron chi connectivity index (χ2n) is 7.06. The highest BCUT2D eigenvalue weighted by atomic mass is 19.4. The van der Waals surface area contributed by atoms with Crippen molar-refractivity contribution >= 4 is 10.9 Å². The van der Waals surface area contributed by atoms with Gasteiger partial charge in [-0.2, -0.15) is 13.2 Å². The molecule has 0 atom stereocenters. The summed E-state index contributed by atoms with van der Waals surface area (Å²) in [5.41, 5.74) is 2.59. The molecule has 2 nitrogen and oxygen atoms in total. The van der Waals surface area contributed by atoms with E-state index in [4.69, 9.17) is 0 Å². The van der Waals surface area contributed by atoms with Crippen molar-refractivity contribution in [3.05, 3.63) is 71.4 Å². The zero-order chi connectivity index (χ0) is 18.1. The van der Waals surface area contributed by atoms with Crippen LogP contribution in [-0.4, -0.2) is 23.0 Å². The van der Waals surface area contributed by atoms with E-state index in [1.54, 1.807) is 0 Å². The Hall–Kier alpha value is -2.27. The first-order valence-electron chi connectivity index (χ1n) is 8.95. The fourth-order valence-corrected chi connectivity index (χ4v) is 3.85. The van der Waals surface area contributed by atoms with Gasteiger partial charge in [0.2, 0.25) is 0 Å². The van der Waals surface area contributed by atoms with Crippen molar-refractivity contribution in [1.82, 2.24) is 9.88 Å². The van der Waals surface area contributed by atoms with E-state index in [-0.39, 0.29) is 5.92 Å². The molecule has 136 valence electrons. The zero-order valence-corrected chi connectivity index (χ0v) is 14.4. The molecule has 1 aliphatic heterocycles. The van der Waals surface area contributed by atoms with Gasteiger partial charge in [-0.15, -0.1) is 0 Å². The van der Waals surface area contributed by atoms with E-state index in [2.05, 4.69) is 28.1 Å². The molecule has 0 aliphatic carbocycles. The van der Waals surface area contributed by atoms with Crippen LogP contribution in [0.3, 0.4) is 0 Å². The average Bonchev–Trinajstić information content (AvgIpc) is 3.04. The summed E-state index contributed by atoms with van der Waals surface area (Å²) in [7, 11) is 0. The van der Waals surface area contributed by atoms with E-state index < -0.39 is 11.7 Å². The smallest absolute Gasteiger partial charge is 0.357 e. The number of para-hydroxylation sites is 1. The Kier molecular flexibility index (Phi) is 4.49. The van der Waals surface area contributed by atoms with Crippen LogP contribution in [0.1, 0.15) is 35.6 Å². The lowest BCUT2D eigenvalue weighted by Gasteiger charge is -2.32. The highest BCUT2D eigenvalue weighted by Gasteiger charge is 2.31. The zero-order valence-electron chi connectivity index (χ0n) is 14.4. The third kappa shape index (κ3) is 3.63. The van der Waals surface area contributed by atoms with Crippen molar-refractivity contribution in [2.24, 2.45) is 0 Å². The van der Waals surface area contributed by atoms with Gasteiger partial charge in [-0.1, -0.05) is 36.4 Å². The predicted molar refractivity (Wildman–Crippen MR) is 97.0 cm³/mol. The Balaban J connectivity index is 1.39. The number of piperidine rings is 1. The molecule has 4 rings (SSSR count). The Morgan fingerprint density at radius 1 is 0.962 bits per heavy atom. The Labute approximate surface area is 150 Å². The normalized spacial score (nSPS) is 17.0. The first-order chi connectivity index (χ1) is 12.5. The van der Waals surface area contributed by atoms with Crippen LogP contribution in [-0.2, 0) is 12.7 Å². The third-order valence-electron chi connectivity index (χ3n) is 5.25. The predicted octanol–water partition coefficient (Wildman–Crippen LogP) is 5.57. The molecule has 1 saturated heterocycles. The van der Waals surface area contributed by atoms with E-state index >= 15 is 0 Å². The molecule has 0 bridgehead atoms. The summed E-state index contributed by atoms with van der Waals surface area (Å²) in [6, 6.07) is 16.2. The van der Waals surface area contributed by atoms with E-state index in [0.717, 1.165) is 49.6 Å². The summed E-state index contributed by atoms with van der Waals surface area (Å²) < 4.78 is 38.7. The van der Waals surface area contributed by atoms with E-state index in [1.807, 2.05) is 18.2 Å². The van der Waals surface area contributed by atoms with Crippen molar-refractivity contribution in [2.75, 3.05) is 13.1 Å². The molecule has 0 unspecified atom stereocenters. The van der Waals surface area contributed by atoms with Gasteiger partial charge in [0.15, 0.2) is 0 Å². The summed E-state index contributed by atoms with van der Waals surface area (Å²) in [6.07, 6.45) is -2.49. The molecule has 0 radical (unpaired) electrons. The number of H-pyrrole nitrogens is 1. The number of fused-ring (bicyclic) bond motifs is 1. The number of likely N-dealkylation sites (tertiary alicyclic amines) is 1. The van der Waals surface area contributed by atoms with Crippen molar-refractivity contribution in [2.45, 2.75) is 31.5 Å². The molecule has 0 spiro atoms. The van der Waals surface area contributed by atoms with Crippen LogP contribution in [0.25, 0.3) is 10.9 Å². The summed E-state index contributed by atoms with van der Waals surface area (Å²) in [5.74, 6) is 0.205. The number of hydrogen-bond acceptors (Lipinski definition) is 1. The number of rotatable bonds is 3. The molecular formula is C21H21F3N2. The Bertz CT molecular complexity index is 856. The lowest BCUT2D eigenvalue weighted by Crippen LogP contribution is -2.32. The summed E-state index contributed by atoms with van der Waals surface area (Å²) in [5, 5.41) is 1.21. The topological polar surface area (TPSA) is 19.0 Å². The van der Waals surface area contributed by atoms with Gasteiger partial charge < -0.3 is 4.98 Å². The van der Waals surface area contributed by atoms with Crippen LogP contribution in [0.5, 0.6) is 0 Å². The summed E-state index contributed by atoms with van der Waals surface area (Å²) >= 11 is 0. The summed E-state index contributed by atoms with van der Waals surface area (Å²) in [6.45, 7) is 2.65. The molecule has 1 N–H and O–H groups in total. The van der Waals surface area contributed by atoms with Gasteiger partial charge in [-0.25, -0.2) is 0 Å². The maximum absolute atomic E-state index is 12.9. The number of aromatic amines is 1. The molecule has 0 saturated carbocycles. The second kappa shape index (κ2) is 6.80. The molecule has 0 amide bonds. The Morgan fingerprint density at radius 2 is 1.73 bits per heavy atom. The Morgan fingerprint density at radius 3 is 2.46 bits per heavy atom. The van der Waals surface area contributed by atoms with Gasteiger partial charge in [-0.3, -0.25) is 4.90 Å². The highest BCUT2D eigenvalue weighted by Crippen LogP contribution is 2.34. The van der Waals surface area contributed by atoms with Crippen LogP contribution < -0.4 is 0 Å². The molecule has 1 aliphatic rings. The molecular weight excluding hydrogens is 337 g/mol. The average molecular weight is 358 g/mol. The minimum Gasteiger partial charge on any atom is -0.357 e. The summed E-state index contributed by atoms with van der Waals surface area (Å²) in [4.78, 5) is 5.81. The first-order valence-corrected chi connectivity index (χ1v) is 8.95. The van der Waals surface area contributed by atoms with Crippen LogP contribution in [0.2, 0.25) is 0 Å². The SMILES string of the molecule is FC(F)(F)c1cccc(C2CCN(Cc3cc4ccccc4[nH]3)CC2)c1. The number of nitrogens with one attached hydrogen (secondary N) is 1. The number of hydrogen-bond donors (Lipinski definition) is 1. The lowest BCUT2D eigenvalue weighted by molar-refractivity contribution is -0.137. The molecule has 26 heavy (non-hydrogen) atoms. The number of nitrogens with zero attached hydrogens (tertiary/aromatic N) is 1. The minimum atomic E-state index is -4.27. The van der Waals surface area contributed by atoms with Crippen LogP contribution >= 0.6 is 0 Å². The van der Waals surface area contributed by atoms with Gasteiger partial charge in [0.25, 0.3) is 0 Å². The molecule has 2 aromatic carbocycles. The van der Waals surface area contributed by atoms with Crippen LogP contribution in [0, 0.1) is 0 Å². The molecule has 1 fully saturated rings. The first kappa shape index (κ1) is 17.2. The minimum absolute atomic E-state index is 0.205. The van der Waals surface area contributed by atoms with Gasteiger partial charge in [0, 0.05) is 17.8 Å². The molecule has 2 heterocycles. The fraction of sp³-hybridized carbons (Fsp3) is 0.333. The maximum Gasteiger partial charge on any atom is 0.416 e. The van der Waals surface area contributed by atoms with Crippen molar-refractivity contribution in [3.63, 3.8) is 0 Å². The van der Waals surface area contributed by atoms with Crippen LogP contribution in [0.15, 0.2) is 54.6 Å². The van der Waals surface area contributed by atoms with Crippen LogP contribution in [0.4, 0.5) is 13.2 Å². The quantitative estimate of drug-likeness (QED) is 0.649. The van der Waals surface area contributed by atoms with Gasteiger partial charge in [0.05, 0.1) is 5.56 Å². The van der Waals surface area contributed by atoms with Crippen molar-refractivity contribution in [1.29, 1.82) is 0 Å². The van der Waals surface area contributed by atoms with E-state index in [0.29, 0.717) is 0 Å². The fourth-order valence-electron chi connectivity index (χ4n) is 3.85. The second-order valence-corrected chi connectivity index (χ2v) is 7.06. The van der Waals surface area contributed by atoms with Crippen molar-refractivity contribution < 1.29 is 13.2 Å². The van der Waals surface area contributed by atoms with Gasteiger partial charge in [-0.05, 0) is 61.0 Å². The number of alkyl halides is 3. The van der Waals surface area contributed by atoms with Gasteiger partial charge in [0.1, 0.15) is 0 Å². The highest BCUT2D eigenvalue weighted by molar-refractivity contribution is 5.80. The van der Waals surface area contributed by atoms with E-state index in [9.17, 15) is 13.2 Å². The number of aromatic nitrogens is 1. The standard InChI is InChI=1S/C21H21F3N2/c22-21(23,24)18-6-3-5-16(12-18)15-8-10-26(11-9-15)14-19-13-17-4-1-2-7-20(17)25-19/h1-7,12-13,15,25H,8-11,14H2. The monoisotopic (exact) mass is 358 g/mol. The molecule has 3 aromatic rings. The van der Waals surface area contributed by atoms with Crippen molar-refractivity contribution in [3.8, 4) is 0 Å². The maximum atomic E-state index is 12.9. The number of benzene rings is 2. The third-order valence-corrected chi connectivity index (χ3v) is 5.25. The number of halogens is 3. The lowest BCUT2D eigenvalue weighted by atomic mass is 9.88. The molecule has 1 aromatic heterocycles. The van der Waals surface area contributed by atoms with E-state index in [1.165, 1.54) is 23.2 Å². The van der Waals surface area contributed by atoms with Gasteiger partial charge >= 0.3 is 6.18 Å². The largest absolute Gasteiger partial charge is 0.416 e.